The second-order valence-corrected chi connectivity index (χ2v) is 5.48. The van der Waals surface area contributed by atoms with Crippen LogP contribution < -0.4 is 11.1 Å². The third-order valence-corrected chi connectivity index (χ3v) is 3.16. The number of anilines is 2. The lowest BCUT2D eigenvalue weighted by Crippen LogP contribution is -2.26. The van der Waals surface area contributed by atoms with Crippen LogP contribution in [0.4, 0.5) is 11.4 Å². The van der Waals surface area contributed by atoms with Crippen molar-refractivity contribution in [2.45, 2.75) is 25.9 Å². The maximum Gasteiger partial charge on any atom is 0.250 e. The highest BCUT2D eigenvalue weighted by molar-refractivity contribution is 6.31. The first kappa shape index (κ1) is 16.8. The molecule has 0 saturated carbocycles. The monoisotopic (exact) mass is 300 g/mol. The predicted molar refractivity (Wildman–Crippen MR) is 81.0 cm³/mol. The van der Waals surface area contributed by atoms with Gasteiger partial charge in [-0.05, 0) is 38.5 Å². The van der Waals surface area contributed by atoms with Crippen molar-refractivity contribution in [2.24, 2.45) is 0 Å². The fourth-order valence-corrected chi connectivity index (χ4v) is 1.60. The van der Waals surface area contributed by atoms with Crippen molar-refractivity contribution in [3.05, 3.63) is 23.2 Å². The van der Waals surface area contributed by atoms with Gasteiger partial charge in [0.25, 0.3) is 0 Å². The van der Waals surface area contributed by atoms with E-state index in [4.69, 9.17) is 26.8 Å². The van der Waals surface area contributed by atoms with Gasteiger partial charge in [0, 0.05) is 18.7 Å². The van der Waals surface area contributed by atoms with Crippen LogP contribution in [0.2, 0.25) is 5.02 Å². The first-order valence-electron chi connectivity index (χ1n) is 6.32. The Morgan fingerprint density at radius 1 is 1.45 bits per heavy atom. The topological polar surface area (TPSA) is 73.6 Å². The average Bonchev–Trinajstić information content (AvgIpc) is 2.38. The number of rotatable bonds is 7. The minimum atomic E-state index is -0.255. The zero-order valence-corrected chi connectivity index (χ0v) is 12.8. The predicted octanol–water partition coefficient (Wildman–Crippen LogP) is 2.69. The standard InChI is InChI=1S/C14H21ClN2O3/c1-14(2,19-3)6-7-20-9-13(18)17-12-5-4-10(15)8-11(12)16/h4-5,8H,6-7,9,16H2,1-3H3,(H,17,18). The third-order valence-electron chi connectivity index (χ3n) is 2.92. The Morgan fingerprint density at radius 3 is 2.75 bits per heavy atom. The van der Waals surface area contributed by atoms with Gasteiger partial charge in [0.2, 0.25) is 5.91 Å². The second kappa shape index (κ2) is 7.47. The van der Waals surface area contributed by atoms with Gasteiger partial charge in [-0.2, -0.15) is 0 Å². The molecule has 0 heterocycles. The number of ether oxygens (including phenoxy) is 2. The van der Waals surface area contributed by atoms with Crippen molar-refractivity contribution in [1.82, 2.24) is 0 Å². The van der Waals surface area contributed by atoms with E-state index in [0.29, 0.717) is 29.4 Å². The molecule has 0 saturated heterocycles. The van der Waals surface area contributed by atoms with Crippen LogP contribution in [0.5, 0.6) is 0 Å². The highest BCUT2D eigenvalue weighted by Gasteiger charge is 2.16. The van der Waals surface area contributed by atoms with Crippen LogP contribution in [-0.4, -0.2) is 31.8 Å². The normalized spacial score (nSPS) is 11.4. The fourth-order valence-electron chi connectivity index (χ4n) is 1.42. The Hall–Kier alpha value is -1.30. The number of benzene rings is 1. The number of carbonyl (C=O) groups excluding carboxylic acids is 1. The molecule has 0 bridgehead atoms. The molecule has 0 fully saturated rings. The van der Waals surface area contributed by atoms with E-state index in [-0.39, 0.29) is 18.1 Å². The number of hydrogen-bond acceptors (Lipinski definition) is 4. The number of amides is 1. The summed E-state index contributed by atoms with van der Waals surface area (Å²) in [7, 11) is 1.65. The van der Waals surface area contributed by atoms with Crippen LogP contribution in [0, 0.1) is 0 Å². The Bertz CT molecular complexity index is 464. The summed E-state index contributed by atoms with van der Waals surface area (Å²) in [6, 6.07) is 4.90. The lowest BCUT2D eigenvalue weighted by atomic mass is 10.1. The van der Waals surface area contributed by atoms with Gasteiger partial charge in [-0.3, -0.25) is 4.79 Å². The van der Waals surface area contributed by atoms with Crippen LogP contribution in [0.1, 0.15) is 20.3 Å². The molecule has 1 aromatic carbocycles. The highest BCUT2D eigenvalue weighted by atomic mass is 35.5. The molecule has 20 heavy (non-hydrogen) atoms. The number of nitrogens with one attached hydrogen (secondary N) is 1. The SMILES string of the molecule is COC(C)(C)CCOCC(=O)Nc1ccc(Cl)cc1N. The molecule has 0 radical (unpaired) electrons. The number of halogens is 1. The van der Waals surface area contributed by atoms with Crippen molar-refractivity contribution < 1.29 is 14.3 Å². The zero-order valence-electron chi connectivity index (χ0n) is 12.0. The van der Waals surface area contributed by atoms with E-state index in [9.17, 15) is 4.79 Å². The maximum atomic E-state index is 11.7. The van der Waals surface area contributed by atoms with E-state index < -0.39 is 0 Å². The molecule has 5 nitrogen and oxygen atoms in total. The zero-order chi connectivity index (χ0) is 15.2. The molecular weight excluding hydrogens is 280 g/mol. The van der Waals surface area contributed by atoms with Crippen molar-refractivity contribution >= 4 is 28.9 Å². The number of hydrogen-bond donors (Lipinski definition) is 2. The number of nitrogen functional groups attached to an aromatic ring is 1. The summed E-state index contributed by atoms with van der Waals surface area (Å²) in [4.78, 5) is 11.7. The van der Waals surface area contributed by atoms with Gasteiger partial charge >= 0.3 is 0 Å². The lowest BCUT2D eigenvalue weighted by molar-refractivity contribution is -0.121. The molecule has 0 atom stereocenters. The summed E-state index contributed by atoms with van der Waals surface area (Å²) in [5, 5.41) is 3.20. The molecule has 1 amide bonds. The first-order chi connectivity index (χ1) is 9.34. The smallest absolute Gasteiger partial charge is 0.250 e. The molecule has 0 aliphatic rings. The van der Waals surface area contributed by atoms with Crippen LogP contribution in [0.25, 0.3) is 0 Å². The Balaban J connectivity index is 2.34. The molecule has 0 aromatic heterocycles. The second-order valence-electron chi connectivity index (χ2n) is 5.05. The molecule has 0 spiro atoms. The molecule has 112 valence electrons. The van der Waals surface area contributed by atoms with Crippen LogP contribution >= 0.6 is 11.6 Å². The third kappa shape index (κ3) is 5.77. The van der Waals surface area contributed by atoms with Gasteiger partial charge < -0.3 is 20.5 Å². The molecule has 3 N–H and O–H groups in total. The van der Waals surface area contributed by atoms with Gasteiger partial charge in [0.05, 0.1) is 17.0 Å². The van der Waals surface area contributed by atoms with E-state index >= 15 is 0 Å². The summed E-state index contributed by atoms with van der Waals surface area (Å²) in [6.45, 7) is 4.35. The largest absolute Gasteiger partial charge is 0.397 e. The number of methoxy groups -OCH3 is 1. The summed E-state index contributed by atoms with van der Waals surface area (Å²) in [5.41, 5.74) is 6.44. The minimum absolute atomic E-state index is 0.0259. The van der Waals surface area contributed by atoms with E-state index in [1.807, 2.05) is 13.8 Å². The van der Waals surface area contributed by atoms with Crippen molar-refractivity contribution in [3.63, 3.8) is 0 Å². The molecule has 0 aliphatic carbocycles. The molecule has 6 heteroatoms. The maximum absolute atomic E-state index is 11.7. The van der Waals surface area contributed by atoms with Crippen LogP contribution in [0.3, 0.4) is 0 Å². The number of nitrogens with two attached hydrogens (primary N) is 1. The molecule has 1 aromatic rings. The van der Waals surface area contributed by atoms with E-state index in [2.05, 4.69) is 5.32 Å². The summed E-state index contributed by atoms with van der Waals surface area (Å²) in [6.07, 6.45) is 0.708. The molecule has 0 aliphatic heterocycles. The Kier molecular flexibility index (Phi) is 6.26. The minimum Gasteiger partial charge on any atom is -0.397 e. The molecule has 1 rings (SSSR count). The summed E-state index contributed by atoms with van der Waals surface area (Å²) < 4.78 is 10.6. The summed E-state index contributed by atoms with van der Waals surface area (Å²) >= 11 is 5.78. The van der Waals surface area contributed by atoms with Gasteiger partial charge in [0.15, 0.2) is 0 Å². The van der Waals surface area contributed by atoms with Gasteiger partial charge in [-0.15, -0.1) is 0 Å². The van der Waals surface area contributed by atoms with Crippen molar-refractivity contribution in [3.8, 4) is 0 Å². The average molecular weight is 301 g/mol. The number of carbonyl (C=O) groups is 1. The fraction of sp³-hybridized carbons (Fsp3) is 0.500. The van der Waals surface area contributed by atoms with E-state index in [1.54, 1.807) is 25.3 Å². The highest BCUT2D eigenvalue weighted by Crippen LogP contribution is 2.22. The Labute approximate surface area is 124 Å². The van der Waals surface area contributed by atoms with Gasteiger partial charge in [-0.25, -0.2) is 0 Å². The Morgan fingerprint density at radius 2 is 2.15 bits per heavy atom. The lowest BCUT2D eigenvalue weighted by Gasteiger charge is -2.22. The van der Waals surface area contributed by atoms with Crippen LogP contribution in [0.15, 0.2) is 18.2 Å². The molecular formula is C14H21ClN2O3. The summed E-state index contributed by atoms with van der Waals surface area (Å²) in [5.74, 6) is -0.255. The van der Waals surface area contributed by atoms with Crippen molar-refractivity contribution in [1.29, 1.82) is 0 Å². The van der Waals surface area contributed by atoms with Gasteiger partial charge in [0.1, 0.15) is 6.61 Å². The van der Waals surface area contributed by atoms with Crippen LogP contribution in [-0.2, 0) is 14.3 Å². The first-order valence-corrected chi connectivity index (χ1v) is 6.69. The van der Waals surface area contributed by atoms with E-state index in [0.717, 1.165) is 0 Å². The quantitative estimate of drug-likeness (QED) is 0.600. The van der Waals surface area contributed by atoms with Gasteiger partial charge in [-0.1, -0.05) is 11.6 Å². The van der Waals surface area contributed by atoms with Crippen molar-refractivity contribution in [2.75, 3.05) is 31.4 Å². The van der Waals surface area contributed by atoms with E-state index in [1.165, 1.54) is 0 Å². The molecule has 0 unspecified atom stereocenters.